The Morgan fingerprint density at radius 3 is 2.79 bits per heavy atom. The van der Waals surface area contributed by atoms with E-state index in [9.17, 15) is 9.59 Å². The summed E-state index contributed by atoms with van der Waals surface area (Å²) < 4.78 is 7.00. The monoisotopic (exact) mass is 411 g/mol. The molecule has 3 aromatic heterocycles. The number of nitrogens with zero attached hydrogens (tertiary/aromatic N) is 2. The number of nitrogens with one attached hydrogen (secondary N) is 1. The molecule has 0 saturated carbocycles. The first kappa shape index (κ1) is 18.1. The number of fused-ring (bicyclic) bond motifs is 2. The van der Waals surface area contributed by atoms with Crippen molar-refractivity contribution in [1.82, 2.24) is 15.3 Å². The second kappa shape index (κ2) is 7.37. The zero-order valence-electron chi connectivity index (χ0n) is 14.3. The fourth-order valence-electron chi connectivity index (χ4n) is 2.57. The van der Waals surface area contributed by atoms with Crippen LogP contribution >= 0.6 is 22.7 Å². The van der Waals surface area contributed by atoms with Gasteiger partial charge in [-0.3, -0.25) is 4.79 Å². The van der Waals surface area contributed by atoms with Gasteiger partial charge in [0.1, 0.15) is 27.0 Å². The smallest absolute Gasteiger partial charge is 0.351 e. The fourth-order valence-corrected chi connectivity index (χ4v) is 4.43. The first-order valence-corrected chi connectivity index (χ1v) is 9.74. The molecule has 4 aromatic rings. The third-order valence-electron chi connectivity index (χ3n) is 3.83. The molecule has 0 saturated heterocycles. The van der Waals surface area contributed by atoms with Crippen molar-refractivity contribution in [3.8, 4) is 5.75 Å². The van der Waals surface area contributed by atoms with Gasteiger partial charge in [0.15, 0.2) is 5.75 Å². The third kappa shape index (κ3) is 3.45. The molecule has 28 heavy (non-hydrogen) atoms. The second-order valence-corrected chi connectivity index (χ2v) is 7.83. The Morgan fingerprint density at radius 2 is 2.00 bits per heavy atom. The number of carbonyl (C=O) groups is 2. The zero-order valence-corrected chi connectivity index (χ0v) is 16.0. The lowest BCUT2D eigenvalue weighted by Crippen LogP contribution is -2.26. The summed E-state index contributed by atoms with van der Waals surface area (Å²) in [6.07, 6.45) is 1.62. The number of pyridine rings is 1. The third-order valence-corrected chi connectivity index (χ3v) is 5.93. The van der Waals surface area contributed by atoms with Crippen molar-refractivity contribution in [2.45, 2.75) is 6.61 Å². The van der Waals surface area contributed by atoms with Gasteiger partial charge in [-0.2, -0.15) is 0 Å². The Hall–Kier alpha value is -3.30. The summed E-state index contributed by atoms with van der Waals surface area (Å²) in [4.78, 5) is 33.1. The number of hydrogen-bond acceptors (Lipinski definition) is 7. The van der Waals surface area contributed by atoms with Crippen molar-refractivity contribution in [3.05, 3.63) is 64.8 Å². The lowest BCUT2D eigenvalue weighted by molar-refractivity contribution is -0.132. The molecule has 3 heterocycles. The maximum Gasteiger partial charge on any atom is 0.351 e. The number of ether oxygens (including phenoxy) is 1. The highest BCUT2D eigenvalue weighted by Crippen LogP contribution is 2.37. The average molecular weight is 411 g/mol. The lowest BCUT2D eigenvalue weighted by Gasteiger charge is -2.07. The Kier molecular flexibility index (Phi) is 4.76. The highest BCUT2D eigenvalue weighted by molar-refractivity contribution is 7.21. The SMILES string of the molecule is C=C(NC(=O)c1sc2ncccc2c1OCc1nc2ccccc2s1)C(=O)O. The summed E-state index contributed by atoms with van der Waals surface area (Å²) in [5.41, 5.74) is 0.478. The standard InChI is InChI=1S/C19H13N3O4S2/c1-10(19(24)25)21-17(23)16-15(11-5-4-8-20-18(11)28-16)26-9-14-22-12-6-2-3-7-13(12)27-14/h2-8H,1,9H2,(H,21,23)(H,24,25). The molecule has 9 heteroatoms. The van der Waals surface area contributed by atoms with Gasteiger partial charge in [-0.1, -0.05) is 18.7 Å². The summed E-state index contributed by atoms with van der Waals surface area (Å²) in [5.74, 6) is -1.55. The van der Waals surface area contributed by atoms with Crippen molar-refractivity contribution in [3.63, 3.8) is 0 Å². The Labute approximate surface area is 166 Å². The molecule has 0 spiro atoms. The Balaban J connectivity index is 1.65. The van der Waals surface area contributed by atoms with Crippen molar-refractivity contribution < 1.29 is 19.4 Å². The van der Waals surface area contributed by atoms with Gasteiger partial charge >= 0.3 is 5.97 Å². The summed E-state index contributed by atoms with van der Waals surface area (Å²) in [6, 6.07) is 11.3. The first-order valence-electron chi connectivity index (χ1n) is 8.11. The molecule has 4 rings (SSSR count). The van der Waals surface area contributed by atoms with Crippen LogP contribution in [-0.2, 0) is 11.4 Å². The predicted molar refractivity (Wildman–Crippen MR) is 108 cm³/mol. The van der Waals surface area contributed by atoms with Crippen LogP contribution in [0.25, 0.3) is 20.4 Å². The lowest BCUT2D eigenvalue weighted by atomic mass is 10.3. The van der Waals surface area contributed by atoms with Gasteiger partial charge in [-0.15, -0.1) is 22.7 Å². The van der Waals surface area contributed by atoms with Gasteiger partial charge < -0.3 is 15.2 Å². The number of rotatable bonds is 6. The van der Waals surface area contributed by atoms with Crippen molar-refractivity contribution in [2.75, 3.05) is 0 Å². The molecule has 0 aliphatic rings. The van der Waals surface area contributed by atoms with Crippen LogP contribution in [0.2, 0.25) is 0 Å². The molecular formula is C19H13N3O4S2. The van der Waals surface area contributed by atoms with E-state index in [-0.39, 0.29) is 11.5 Å². The molecule has 0 bridgehead atoms. The molecule has 7 nitrogen and oxygen atoms in total. The summed E-state index contributed by atoms with van der Waals surface area (Å²) in [5, 5.41) is 12.7. The van der Waals surface area contributed by atoms with Crippen LogP contribution in [0.3, 0.4) is 0 Å². The van der Waals surface area contributed by atoms with Crippen molar-refractivity contribution in [1.29, 1.82) is 0 Å². The maximum absolute atomic E-state index is 12.6. The molecule has 1 aromatic carbocycles. The van der Waals surface area contributed by atoms with Crippen molar-refractivity contribution in [2.24, 2.45) is 0 Å². The first-order chi connectivity index (χ1) is 13.5. The topological polar surface area (TPSA) is 101 Å². The Bertz CT molecular complexity index is 1200. The van der Waals surface area contributed by atoms with E-state index in [2.05, 4.69) is 21.9 Å². The highest BCUT2D eigenvalue weighted by Gasteiger charge is 2.22. The van der Waals surface area contributed by atoms with E-state index in [4.69, 9.17) is 9.84 Å². The van der Waals surface area contributed by atoms with Crippen LogP contribution < -0.4 is 10.1 Å². The summed E-state index contributed by atoms with van der Waals surface area (Å²) in [6.45, 7) is 3.51. The molecule has 0 unspecified atom stereocenters. The number of thiophene rings is 1. The number of amides is 1. The van der Waals surface area contributed by atoms with Crippen molar-refractivity contribution >= 4 is 55.0 Å². The maximum atomic E-state index is 12.6. The molecule has 1 amide bonds. The summed E-state index contributed by atoms with van der Waals surface area (Å²) >= 11 is 2.64. The zero-order chi connectivity index (χ0) is 19.7. The number of benzene rings is 1. The van der Waals surface area contributed by atoms with Gasteiger partial charge in [-0.25, -0.2) is 14.8 Å². The van der Waals surface area contributed by atoms with Crippen LogP contribution in [0.1, 0.15) is 14.7 Å². The number of carboxylic acids is 1. The molecule has 0 aliphatic carbocycles. The van der Waals surface area contributed by atoms with Crippen LogP contribution in [0.15, 0.2) is 54.9 Å². The quantitative estimate of drug-likeness (QED) is 0.468. The van der Waals surface area contributed by atoms with Crippen LogP contribution in [0.4, 0.5) is 0 Å². The number of carbonyl (C=O) groups excluding carboxylic acids is 1. The molecule has 0 atom stereocenters. The highest BCUT2D eigenvalue weighted by atomic mass is 32.1. The minimum absolute atomic E-state index is 0.181. The fraction of sp³-hybridized carbons (Fsp3) is 0.0526. The number of aromatic nitrogens is 2. The summed E-state index contributed by atoms with van der Waals surface area (Å²) in [7, 11) is 0. The Morgan fingerprint density at radius 1 is 1.18 bits per heavy atom. The molecule has 0 aliphatic heterocycles. The number of carboxylic acid groups (broad SMARTS) is 1. The van der Waals surface area contributed by atoms with Crippen LogP contribution in [-0.4, -0.2) is 27.0 Å². The molecule has 0 radical (unpaired) electrons. The van der Waals surface area contributed by atoms with E-state index in [1.54, 1.807) is 18.3 Å². The van der Waals surface area contributed by atoms with E-state index in [1.165, 1.54) is 11.3 Å². The number of thiazole rings is 1. The normalized spacial score (nSPS) is 10.9. The van der Waals surface area contributed by atoms with Gasteiger partial charge in [0.25, 0.3) is 5.91 Å². The minimum atomic E-state index is -1.30. The van der Waals surface area contributed by atoms with E-state index in [1.807, 2.05) is 24.3 Å². The second-order valence-electron chi connectivity index (χ2n) is 5.72. The molecule has 2 N–H and O–H groups in total. The number of hydrogen-bond donors (Lipinski definition) is 2. The van der Waals surface area contributed by atoms with Crippen LogP contribution in [0, 0.1) is 0 Å². The molecule has 0 fully saturated rings. The molecular weight excluding hydrogens is 398 g/mol. The predicted octanol–water partition coefficient (Wildman–Crippen LogP) is 3.81. The van der Waals surface area contributed by atoms with Gasteiger partial charge in [0.05, 0.1) is 15.6 Å². The minimum Gasteiger partial charge on any atom is -0.484 e. The largest absolute Gasteiger partial charge is 0.484 e. The molecule has 140 valence electrons. The van der Waals surface area contributed by atoms with Gasteiger partial charge in [-0.05, 0) is 24.3 Å². The van der Waals surface area contributed by atoms with Gasteiger partial charge in [0.2, 0.25) is 0 Å². The van der Waals surface area contributed by atoms with E-state index in [0.29, 0.717) is 16.0 Å². The number of aliphatic carboxylic acids is 1. The van der Waals surface area contributed by atoms with Gasteiger partial charge in [0, 0.05) is 6.20 Å². The van der Waals surface area contributed by atoms with E-state index in [0.717, 1.165) is 26.6 Å². The number of para-hydroxylation sites is 1. The van der Waals surface area contributed by atoms with Crippen LogP contribution in [0.5, 0.6) is 5.75 Å². The van der Waals surface area contributed by atoms with E-state index >= 15 is 0 Å². The van der Waals surface area contributed by atoms with E-state index < -0.39 is 17.6 Å². The average Bonchev–Trinajstić information content (AvgIpc) is 3.27.